The van der Waals surface area contributed by atoms with E-state index in [0.717, 1.165) is 26.1 Å². The van der Waals surface area contributed by atoms with E-state index in [4.69, 9.17) is 0 Å². The van der Waals surface area contributed by atoms with Crippen LogP contribution in [0.15, 0.2) is 54.6 Å². The Balaban J connectivity index is 1.66. The van der Waals surface area contributed by atoms with Crippen LogP contribution in [-0.2, 0) is 11.2 Å². The highest BCUT2D eigenvalue weighted by molar-refractivity contribution is 5.87. The van der Waals surface area contributed by atoms with Crippen molar-refractivity contribution >= 4 is 5.78 Å². The van der Waals surface area contributed by atoms with Crippen LogP contribution in [0, 0.1) is 6.92 Å². The molecule has 0 amide bonds. The highest BCUT2D eigenvalue weighted by Crippen LogP contribution is 2.26. The number of carbonyl (C=O) groups excluding carboxylic acids is 1. The van der Waals surface area contributed by atoms with Gasteiger partial charge in [-0.25, -0.2) is 0 Å². The smallest absolute Gasteiger partial charge is 0.142 e. The molecule has 1 aliphatic heterocycles. The summed E-state index contributed by atoms with van der Waals surface area (Å²) in [4.78, 5) is 14.8. The van der Waals surface area contributed by atoms with Gasteiger partial charge in [-0.1, -0.05) is 54.6 Å². The van der Waals surface area contributed by atoms with Gasteiger partial charge in [0, 0.05) is 26.1 Å². The zero-order valence-electron chi connectivity index (χ0n) is 13.2. The highest BCUT2D eigenvalue weighted by atomic mass is 16.1. The molecule has 114 valence electrons. The van der Waals surface area contributed by atoms with Crippen LogP contribution in [0.25, 0.3) is 0 Å². The van der Waals surface area contributed by atoms with Crippen LogP contribution in [0.1, 0.15) is 29.0 Å². The molecule has 0 N–H and O–H groups in total. The van der Waals surface area contributed by atoms with E-state index >= 15 is 0 Å². The summed E-state index contributed by atoms with van der Waals surface area (Å²) >= 11 is 0. The monoisotopic (exact) mass is 293 g/mol. The van der Waals surface area contributed by atoms with E-state index in [-0.39, 0.29) is 5.92 Å². The maximum absolute atomic E-state index is 12.3. The molecule has 1 aliphatic rings. The Morgan fingerprint density at radius 2 is 1.77 bits per heavy atom. The molecule has 22 heavy (non-hydrogen) atoms. The van der Waals surface area contributed by atoms with E-state index < -0.39 is 0 Å². The fraction of sp³-hybridized carbons (Fsp3) is 0.350. The molecule has 2 nitrogen and oxygen atoms in total. The zero-order valence-corrected chi connectivity index (χ0v) is 13.2. The van der Waals surface area contributed by atoms with Crippen molar-refractivity contribution in [2.24, 2.45) is 0 Å². The quantitative estimate of drug-likeness (QED) is 0.858. The molecule has 2 aromatic carbocycles. The molecule has 1 heterocycles. The molecule has 1 unspecified atom stereocenters. The van der Waals surface area contributed by atoms with Crippen LogP contribution >= 0.6 is 0 Å². The lowest BCUT2D eigenvalue weighted by molar-refractivity contribution is -0.123. The van der Waals surface area contributed by atoms with Crippen molar-refractivity contribution in [2.45, 2.75) is 25.7 Å². The molecule has 1 fully saturated rings. The van der Waals surface area contributed by atoms with Gasteiger partial charge in [0.15, 0.2) is 0 Å². The van der Waals surface area contributed by atoms with E-state index in [1.165, 1.54) is 16.7 Å². The molecule has 0 bridgehead atoms. The number of Topliss-reactive ketones (excluding diaryl/α,β-unsaturated/α-hetero) is 1. The standard InChI is InChI=1S/C20H23NO/c1-16-7-5-6-10-18(16)19-15-21(14-12-20(19)22)13-11-17-8-3-2-4-9-17/h2-10,19H,11-15H2,1H3. The summed E-state index contributed by atoms with van der Waals surface area (Å²) in [5.74, 6) is 0.441. The van der Waals surface area contributed by atoms with Crippen molar-refractivity contribution in [1.82, 2.24) is 4.90 Å². The maximum Gasteiger partial charge on any atom is 0.142 e. The van der Waals surface area contributed by atoms with Crippen molar-refractivity contribution in [3.05, 3.63) is 71.3 Å². The van der Waals surface area contributed by atoms with Crippen molar-refractivity contribution in [3.63, 3.8) is 0 Å². The van der Waals surface area contributed by atoms with Crippen LogP contribution in [0.4, 0.5) is 0 Å². The Hall–Kier alpha value is -1.93. The first kappa shape index (κ1) is 15.0. The van der Waals surface area contributed by atoms with Crippen LogP contribution in [0.2, 0.25) is 0 Å². The number of rotatable bonds is 4. The van der Waals surface area contributed by atoms with Crippen molar-refractivity contribution in [1.29, 1.82) is 0 Å². The second-order valence-electron chi connectivity index (χ2n) is 6.16. The average molecular weight is 293 g/mol. The van der Waals surface area contributed by atoms with Gasteiger partial charge in [0.1, 0.15) is 5.78 Å². The number of carbonyl (C=O) groups is 1. The fourth-order valence-electron chi connectivity index (χ4n) is 3.28. The Morgan fingerprint density at radius 1 is 1.05 bits per heavy atom. The minimum absolute atomic E-state index is 0.0470. The SMILES string of the molecule is Cc1ccccc1C1CN(CCc2ccccc2)CCC1=O. The number of aryl methyl sites for hydroxylation is 1. The first-order valence-corrected chi connectivity index (χ1v) is 8.08. The van der Waals surface area contributed by atoms with Gasteiger partial charge < -0.3 is 4.90 Å². The minimum atomic E-state index is 0.0470. The zero-order chi connectivity index (χ0) is 15.4. The third-order valence-electron chi connectivity index (χ3n) is 4.63. The maximum atomic E-state index is 12.3. The second-order valence-corrected chi connectivity index (χ2v) is 6.16. The van der Waals surface area contributed by atoms with E-state index in [9.17, 15) is 4.79 Å². The number of benzene rings is 2. The third-order valence-corrected chi connectivity index (χ3v) is 4.63. The predicted octanol–water partition coefficient (Wildman–Crippen LogP) is 3.60. The summed E-state index contributed by atoms with van der Waals surface area (Å²) in [7, 11) is 0. The number of piperidine rings is 1. The van der Waals surface area contributed by atoms with Gasteiger partial charge in [0.05, 0.1) is 5.92 Å². The van der Waals surface area contributed by atoms with Gasteiger partial charge in [0.2, 0.25) is 0 Å². The lowest BCUT2D eigenvalue weighted by Crippen LogP contribution is -2.40. The topological polar surface area (TPSA) is 20.3 Å². The van der Waals surface area contributed by atoms with Crippen LogP contribution < -0.4 is 0 Å². The second kappa shape index (κ2) is 6.89. The fourth-order valence-corrected chi connectivity index (χ4v) is 3.28. The molecule has 2 aromatic rings. The molecule has 0 spiro atoms. The van der Waals surface area contributed by atoms with Gasteiger partial charge >= 0.3 is 0 Å². The van der Waals surface area contributed by atoms with Gasteiger partial charge in [-0.05, 0) is 30.0 Å². The summed E-state index contributed by atoms with van der Waals surface area (Å²) in [6.07, 6.45) is 1.73. The molecule has 1 saturated heterocycles. The molecule has 0 saturated carbocycles. The van der Waals surface area contributed by atoms with Gasteiger partial charge in [-0.3, -0.25) is 4.79 Å². The Kier molecular flexibility index (Phi) is 4.69. The van der Waals surface area contributed by atoms with E-state index in [1.54, 1.807) is 0 Å². The van der Waals surface area contributed by atoms with E-state index in [0.29, 0.717) is 12.2 Å². The van der Waals surface area contributed by atoms with Crippen molar-refractivity contribution in [3.8, 4) is 0 Å². The summed E-state index contributed by atoms with van der Waals surface area (Å²) in [5, 5.41) is 0. The van der Waals surface area contributed by atoms with Crippen molar-refractivity contribution in [2.75, 3.05) is 19.6 Å². The molecule has 0 radical (unpaired) electrons. The normalized spacial score (nSPS) is 19.3. The molecule has 3 rings (SSSR count). The first-order valence-electron chi connectivity index (χ1n) is 8.08. The number of ketones is 1. The number of nitrogens with zero attached hydrogens (tertiary/aromatic N) is 1. The lowest BCUT2D eigenvalue weighted by atomic mass is 9.87. The summed E-state index contributed by atoms with van der Waals surface area (Å²) in [6.45, 7) is 4.88. The number of hydrogen-bond donors (Lipinski definition) is 0. The summed E-state index contributed by atoms with van der Waals surface area (Å²) in [5.41, 5.74) is 3.80. The Morgan fingerprint density at radius 3 is 2.55 bits per heavy atom. The van der Waals surface area contributed by atoms with Gasteiger partial charge in [0.25, 0.3) is 0 Å². The number of hydrogen-bond acceptors (Lipinski definition) is 2. The van der Waals surface area contributed by atoms with Gasteiger partial charge in [-0.2, -0.15) is 0 Å². The molecular formula is C20H23NO. The average Bonchev–Trinajstić information content (AvgIpc) is 2.56. The number of likely N-dealkylation sites (tertiary alicyclic amines) is 1. The van der Waals surface area contributed by atoms with Crippen molar-refractivity contribution < 1.29 is 4.79 Å². The van der Waals surface area contributed by atoms with E-state index in [1.807, 2.05) is 12.1 Å². The highest BCUT2D eigenvalue weighted by Gasteiger charge is 2.28. The summed E-state index contributed by atoms with van der Waals surface area (Å²) < 4.78 is 0. The van der Waals surface area contributed by atoms with Crippen LogP contribution in [-0.4, -0.2) is 30.3 Å². The Labute approximate surface area is 132 Å². The lowest BCUT2D eigenvalue weighted by Gasteiger charge is -2.32. The van der Waals surface area contributed by atoms with Gasteiger partial charge in [-0.15, -0.1) is 0 Å². The molecule has 2 heteroatoms. The molecule has 0 aromatic heterocycles. The van der Waals surface area contributed by atoms with Crippen LogP contribution in [0.5, 0.6) is 0 Å². The predicted molar refractivity (Wildman–Crippen MR) is 90.1 cm³/mol. The third kappa shape index (κ3) is 3.45. The minimum Gasteiger partial charge on any atom is -0.302 e. The van der Waals surface area contributed by atoms with Crippen LogP contribution in [0.3, 0.4) is 0 Å². The molecule has 1 atom stereocenters. The first-order chi connectivity index (χ1) is 10.7. The largest absolute Gasteiger partial charge is 0.302 e. The summed E-state index contributed by atoms with van der Waals surface area (Å²) in [6, 6.07) is 18.9. The van der Waals surface area contributed by atoms with E-state index in [2.05, 4.69) is 54.3 Å². The molecular weight excluding hydrogens is 270 g/mol. The Bertz CT molecular complexity index is 635. The molecule has 0 aliphatic carbocycles.